The van der Waals surface area contributed by atoms with Crippen LogP contribution in [0.3, 0.4) is 0 Å². The topological polar surface area (TPSA) is 33.2 Å². The molecule has 0 bridgehead atoms. The number of alkyl halides is 1. The zero-order valence-electron chi connectivity index (χ0n) is 9.27. The number of hydrogen-bond donors (Lipinski definition) is 0. The Morgan fingerprint density at radius 1 is 1.69 bits per heavy atom. The van der Waals surface area contributed by atoms with E-state index in [9.17, 15) is 4.79 Å². The summed E-state index contributed by atoms with van der Waals surface area (Å²) in [5.74, 6) is 0.173. The van der Waals surface area contributed by atoms with Crippen LogP contribution in [0.2, 0.25) is 0 Å². The van der Waals surface area contributed by atoms with E-state index in [0.717, 1.165) is 24.9 Å². The van der Waals surface area contributed by atoms with Gasteiger partial charge in [0.25, 0.3) is 0 Å². The van der Waals surface area contributed by atoms with Gasteiger partial charge in [-0.05, 0) is 31.4 Å². The summed E-state index contributed by atoms with van der Waals surface area (Å²) in [5.41, 5.74) is 1.14. The third-order valence-electron chi connectivity index (χ3n) is 2.95. The molecule has 1 fully saturated rings. The number of aromatic nitrogens is 1. The number of carbonyl (C=O) groups is 1. The maximum atomic E-state index is 12.0. The van der Waals surface area contributed by atoms with E-state index in [1.165, 1.54) is 0 Å². The summed E-state index contributed by atoms with van der Waals surface area (Å²) in [6.45, 7) is 2.73. The van der Waals surface area contributed by atoms with Crippen LogP contribution < -0.4 is 0 Å². The van der Waals surface area contributed by atoms with Gasteiger partial charge in [-0.15, -0.1) is 0 Å². The van der Waals surface area contributed by atoms with Gasteiger partial charge in [0.05, 0.1) is 10.9 Å². The van der Waals surface area contributed by atoms with Crippen molar-refractivity contribution in [3.63, 3.8) is 0 Å². The van der Waals surface area contributed by atoms with E-state index < -0.39 is 0 Å². The lowest BCUT2D eigenvalue weighted by molar-refractivity contribution is -0.131. The molecule has 2 rings (SSSR count). The molecule has 2 atom stereocenters. The van der Waals surface area contributed by atoms with E-state index >= 15 is 0 Å². The second-order valence-corrected chi connectivity index (χ2v) is 5.47. The van der Waals surface area contributed by atoms with E-state index in [-0.39, 0.29) is 16.8 Å². The Kier molecular flexibility index (Phi) is 3.59. The molecule has 1 aliphatic heterocycles. The average Bonchev–Trinajstić information content (AvgIpc) is 2.77. The molecule has 1 aliphatic rings. The van der Waals surface area contributed by atoms with Gasteiger partial charge in [-0.1, -0.05) is 22.0 Å². The second kappa shape index (κ2) is 4.95. The van der Waals surface area contributed by atoms with Gasteiger partial charge in [0.2, 0.25) is 5.91 Å². The van der Waals surface area contributed by atoms with Crippen molar-refractivity contribution in [1.82, 2.24) is 9.88 Å². The standard InChI is InChI=1S/C12H15BrN2O/c1-9(13)12(16)15-7-3-5-11(15)10-4-2-6-14-8-10/h2,4,6,8-9,11H,3,5,7H2,1H3. The third kappa shape index (κ3) is 2.26. The summed E-state index contributed by atoms with van der Waals surface area (Å²) < 4.78 is 0. The lowest BCUT2D eigenvalue weighted by Crippen LogP contribution is -2.35. The van der Waals surface area contributed by atoms with Crippen LogP contribution in [0.25, 0.3) is 0 Å². The summed E-state index contributed by atoms with van der Waals surface area (Å²) in [6.07, 6.45) is 5.73. The van der Waals surface area contributed by atoms with Gasteiger partial charge in [-0.25, -0.2) is 0 Å². The Hall–Kier alpha value is -0.900. The lowest BCUT2D eigenvalue weighted by atomic mass is 10.1. The quantitative estimate of drug-likeness (QED) is 0.781. The van der Waals surface area contributed by atoms with E-state index in [0.29, 0.717) is 0 Å². The first-order chi connectivity index (χ1) is 7.70. The Bertz CT molecular complexity index is 367. The zero-order valence-corrected chi connectivity index (χ0v) is 10.9. The Morgan fingerprint density at radius 2 is 2.50 bits per heavy atom. The van der Waals surface area contributed by atoms with Crippen LogP contribution in [0.5, 0.6) is 0 Å². The fourth-order valence-corrected chi connectivity index (χ4v) is 2.44. The van der Waals surface area contributed by atoms with Gasteiger partial charge in [0.1, 0.15) is 0 Å². The first-order valence-corrected chi connectivity index (χ1v) is 6.46. The molecule has 0 aromatic carbocycles. The Labute approximate surface area is 104 Å². The SMILES string of the molecule is CC(Br)C(=O)N1CCCC1c1cccnc1. The Balaban J connectivity index is 2.19. The fraction of sp³-hybridized carbons (Fsp3) is 0.500. The molecular weight excluding hydrogens is 268 g/mol. The van der Waals surface area contributed by atoms with Crippen LogP contribution in [0.1, 0.15) is 31.4 Å². The molecule has 86 valence electrons. The number of rotatable bonds is 2. The summed E-state index contributed by atoms with van der Waals surface area (Å²) >= 11 is 3.34. The molecule has 3 nitrogen and oxygen atoms in total. The zero-order chi connectivity index (χ0) is 11.5. The summed E-state index contributed by atoms with van der Waals surface area (Å²) in [4.78, 5) is 18.0. The maximum Gasteiger partial charge on any atom is 0.236 e. The van der Waals surface area contributed by atoms with E-state index in [4.69, 9.17) is 0 Å². The highest BCUT2D eigenvalue weighted by atomic mass is 79.9. The van der Waals surface area contributed by atoms with Gasteiger partial charge in [0.15, 0.2) is 0 Å². The fourth-order valence-electron chi connectivity index (χ4n) is 2.18. The van der Waals surface area contributed by atoms with Crippen molar-refractivity contribution in [2.45, 2.75) is 30.6 Å². The van der Waals surface area contributed by atoms with Crippen LogP contribution >= 0.6 is 15.9 Å². The third-order valence-corrected chi connectivity index (χ3v) is 3.34. The van der Waals surface area contributed by atoms with Crippen LogP contribution in [0.15, 0.2) is 24.5 Å². The second-order valence-electron chi connectivity index (χ2n) is 4.09. The maximum absolute atomic E-state index is 12.0. The van der Waals surface area contributed by atoms with E-state index in [2.05, 4.69) is 20.9 Å². The molecule has 0 saturated carbocycles. The molecule has 0 radical (unpaired) electrons. The lowest BCUT2D eigenvalue weighted by Gasteiger charge is -2.25. The van der Waals surface area contributed by atoms with Crippen LogP contribution in [0.4, 0.5) is 0 Å². The molecule has 4 heteroatoms. The van der Waals surface area contributed by atoms with Gasteiger partial charge < -0.3 is 4.90 Å². The predicted octanol–water partition coefficient (Wildman–Crippen LogP) is 2.53. The molecule has 1 aromatic rings. The minimum absolute atomic E-state index is 0.107. The molecule has 0 spiro atoms. The van der Waals surface area contributed by atoms with Crippen molar-refractivity contribution >= 4 is 21.8 Å². The number of likely N-dealkylation sites (tertiary alicyclic amines) is 1. The number of carbonyl (C=O) groups excluding carboxylic acids is 1. The van der Waals surface area contributed by atoms with Crippen molar-refractivity contribution in [2.24, 2.45) is 0 Å². The average molecular weight is 283 g/mol. The molecule has 1 aromatic heterocycles. The smallest absolute Gasteiger partial charge is 0.236 e. The van der Waals surface area contributed by atoms with E-state index in [1.807, 2.05) is 30.2 Å². The van der Waals surface area contributed by atoms with Gasteiger partial charge in [0, 0.05) is 18.9 Å². The molecule has 0 aliphatic carbocycles. The summed E-state index contributed by atoms with van der Waals surface area (Å²) in [6, 6.07) is 4.18. The number of nitrogens with zero attached hydrogens (tertiary/aromatic N) is 2. The molecular formula is C12H15BrN2O. The van der Waals surface area contributed by atoms with Crippen LogP contribution in [-0.4, -0.2) is 27.2 Å². The van der Waals surface area contributed by atoms with Crippen molar-refractivity contribution in [3.05, 3.63) is 30.1 Å². The van der Waals surface area contributed by atoms with Crippen molar-refractivity contribution in [2.75, 3.05) is 6.54 Å². The minimum Gasteiger partial charge on any atom is -0.335 e. The van der Waals surface area contributed by atoms with Gasteiger partial charge in [-0.2, -0.15) is 0 Å². The molecule has 0 N–H and O–H groups in total. The molecule has 1 saturated heterocycles. The predicted molar refractivity (Wildman–Crippen MR) is 66.3 cm³/mol. The van der Waals surface area contributed by atoms with Crippen LogP contribution in [0, 0.1) is 0 Å². The highest BCUT2D eigenvalue weighted by Gasteiger charge is 2.31. The largest absolute Gasteiger partial charge is 0.335 e. The first kappa shape index (κ1) is 11.6. The van der Waals surface area contributed by atoms with Gasteiger partial charge >= 0.3 is 0 Å². The highest BCUT2D eigenvalue weighted by molar-refractivity contribution is 9.10. The number of amides is 1. The van der Waals surface area contributed by atoms with Crippen LogP contribution in [-0.2, 0) is 4.79 Å². The number of pyridine rings is 1. The number of hydrogen-bond acceptors (Lipinski definition) is 2. The molecule has 2 unspecified atom stereocenters. The normalized spacial score (nSPS) is 22.1. The summed E-state index contributed by atoms with van der Waals surface area (Å²) in [5, 5.41) is 0. The van der Waals surface area contributed by atoms with Crippen molar-refractivity contribution in [3.8, 4) is 0 Å². The first-order valence-electron chi connectivity index (χ1n) is 5.54. The summed E-state index contributed by atoms with van der Waals surface area (Å²) in [7, 11) is 0. The van der Waals surface area contributed by atoms with Crippen molar-refractivity contribution in [1.29, 1.82) is 0 Å². The van der Waals surface area contributed by atoms with E-state index in [1.54, 1.807) is 6.20 Å². The monoisotopic (exact) mass is 282 g/mol. The molecule has 1 amide bonds. The molecule has 16 heavy (non-hydrogen) atoms. The Morgan fingerprint density at radius 3 is 3.12 bits per heavy atom. The van der Waals surface area contributed by atoms with Gasteiger partial charge in [-0.3, -0.25) is 9.78 Å². The number of halogens is 1. The molecule has 2 heterocycles. The minimum atomic E-state index is -0.107. The van der Waals surface area contributed by atoms with Crippen molar-refractivity contribution < 1.29 is 4.79 Å². The highest BCUT2D eigenvalue weighted by Crippen LogP contribution is 2.32.